The van der Waals surface area contributed by atoms with E-state index >= 15 is 0 Å². The second kappa shape index (κ2) is 6.51. The number of nitro benzene ring substituents is 1. The summed E-state index contributed by atoms with van der Waals surface area (Å²) in [7, 11) is 1.24. The van der Waals surface area contributed by atoms with Gasteiger partial charge >= 0.3 is 5.97 Å². The number of nitro groups is 1. The van der Waals surface area contributed by atoms with Crippen LogP contribution in [-0.2, 0) is 9.47 Å². The first kappa shape index (κ1) is 15.2. The summed E-state index contributed by atoms with van der Waals surface area (Å²) in [6.45, 7) is 0.877. The van der Waals surface area contributed by atoms with Crippen LogP contribution in [0.15, 0.2) is 18.2 Å². The number of hydrogen-bond acceptors (Lipinski definition) is 7. The highest BCUT2D eigenvalue weighted by Crippen LogP contribution is 2.31. The summed E-state index contributed by atoms with van der Waals surface area (Å²) in [5.41, 5.74) is 0.384. The summed E-state index contributed by atoms with van der Waals surface area (Å²) >= 11 is 0. The molecule has 8 heteroatoms. The molecule has 2 rings (SSSR count). The molecular weight excluding hydrogens is 280 g/mol. The number of nitrogens with zero attached hydrogens (tertiary/aromatic N) is 2. The van der Waals surface area contributed by atoms with Gasteiger partial charge in [0.25, 0.3) is 5.69 Å². The second-order valence-electron chi connectivity index (χ2n) is 4.56. The number of methoxy groups -OCH3 is 1. The van der Waals surface area contributed by atoms with Crippen molar-refractivity contribution in [1.82, 2.24) is 0 Å². The number of ether oxygens (including phenoxy) is 2. The van der Waals surface area contributed by atoms with Gasteiger partial charge in [-0.2, -0.15) is 0 Å². The van der Waals surface area contributed by atoms with Crippen LogP contribution in [0, 0.1) is 10.1 Å². The lowest BCUT2D eigenvalue weighted by atomic mass is 10.1. The molecule has 1 fully saturated rings. The minimum absolute atomic E-state index is 0.122. The van der Waals surface area contributed by atoms with E-state index in [1.807, 2.05) is 0 Å². The van der Waals surface area contributed by atoms with Crippen LogP contribution < -0.4 is 4.90 Å². The zero-order valence-corrected chi connectivity index (χ0v) is 11.5. The van der Waals surface area contributed by atoms with Crippen LogP contribution in [0.5, 0.6) is 0 Å². The molecule has 1 aromatic rings. The summed E-state index contributed by atoms with van der Waals surface area (Å²) in [5, 5.41) is 20.6. The highest BCUT2D eigenvalue weighted by molar-refractivity contribution is 5.91. The minimum Gasteiger partial charge on any atom is -0.465 e. The van der Waals surface area contributed by atoms with Gasteiger partial charge in [0, 0.05) is 12.6 Å². The molecule has 1 aliphatic heterocycles. The molecule has 0 aromatic heterocycles. The van der Waals surface area contributed by atoms with Gasteiger partial charge in [0.1, 0.15) is 5.69 Å². The van der Waals surface area contributed by atoms with Crippen molar-refractivity contribution in [3.05, 3.63) is 33.9 Å². The molecule has 1 aliphatic rings. The van der Waals surface area contributed by atoms with Crippen LogP contribution in [0.4, 0.5) is 11.4 Å². The number of carbonyl (C=O) groups excluding carboxylic acids is 1. The molecule has 1 heterocycles. The zero-order chi connectivity index (χ0) is 15.4. The predicted molar refractivity (Wildman–Crippen MR) is 73.5 cm³/mol. The Morgan fingerprint density at radius 2 is 2.38 bits per heavy atom. The van der Waals surface area contributed by atoms with Gasteiger partial charge in [-0.1, -0.05) is 0 Å². The van der Waals surface area contributed by atoms with Crippen LogP contribution >= 0.6 is 0 Å². The van der Waals surface area contributed by atoms with E-state index in [-0.39, 0.29) is 36.2 Å². The van der Waals surface area contributed by atoms with E-state index < -0.39 is 10.9 Å². The largest absolute Gasteiger partial charge is 0.465 e. The number of benzene rings is 1. The third kappa shape index (κ3) is 3.11. The van der Waals surface area contributed by atoms with Gasteiger partial charge in [-0.15, -0.1) is 0 Å². The molecule has 0 aliphatic carbocycles. The van der Waals surface area contributed by atoms with E-state index in [1.165, 1.54) is 25.3 Å². The maximum absolute atomic E-state index is 11.6. The molecule has 1 unspecified atom stereocenters. The van der Waals surface area contributed by atoms with Crippen molar-refractivity contribution in [2.75, 3.05) is 38.4 Å². The highest BCUT2D eigenvalue weighted by Gasteiger charge is 2.29. The molecule has 8 nitrogen and oxygen atoms in total. The van der Waals surface area contributed by atoms with Gasteiger partial charge in [0.05, 0.1) is 43.5 Å². The van der Waals surface area contributed by atoms with Crippen molar-refractivity contribution >= 4 is 17.3 Å². The lowest BCUT2D eigenvalue weighted by molar-refractivity contribution is -0.384. The highest BCUT2D eigenvalue weighted by atomic mass is 16.6. The molecule has 0 bridgehead atoms. The first-order valence-corrected chi connectivity index (χ1v) is 6.40. The summed E-state index contributed by atoms with van der Waals surface area (Å²) in [6.07, 6.45) is 0. The van der Waals surface area contributed by atoms with E-state index in [0.717, 1.165) is 0 Å². The molecule has 1 N–H and O–H groups in total. The second-order valence-corrected chi connectivity index (χ2v) is 4.56. The number of aliphatic hydroxyl groups is 1. The lowest BCUT2D eigenvalue weighted by Crippen LogP contribution is -2.48. The molecule has 0 spiro atoms. The Hall–Kier alpha value is -2.19. The number of esters is 1. The Kier molecular flexibility index (Phi) is 4.71. The smallest absolute Gasteiger partial charge is 0.337 e. The first-order chi connectivity index (χ1) is 10.1. The van der Waals surface area contributed by atoms with Crippen molar-refractivity contribution in [3.8, 4) is 0 Å². The van der Waals surface area contributed by atoms with E-state index in [9.17, 15) is 20.0 Å². The minimum atomic E-state index is -0.569. The topological polar surface area (TPSA) is 102 Å². The average molecular weight is 296 g/mol. The number of morpholine rings is 1. The number of hydrogen-bond donors (Lipinski definition) is 1. The molecule has 21 heavy (non-hydrogen) atoms. The third-order valence-electron chi connectivity index (χ3n) is 3.34. The quantitative estimate of drug-likeness (QED) is 0.492. The van der Waals surface area contributed by atoms with Gasteiger partial charge in [-0.25, -0.2) is 4.79 Å². The van der Waals surface area contributed by atoms with Crippen molar-refractivity contribution in [2.45, 2.75) is 6.04 Å². The fourth-order valence-electron chi connectivity index (χ4n) is 2.28. The van der Waals surface area contributed by atoms with Crippen molar-refractivity contribution < 1.29 is 24.3 Å². The van der Waals surface area contributed by atoms with E-state index in [2.05, 4.69) is 4.74 Å². The maximum atomic E-state index is 11.6. The van der Waals surface area contributed by atoms with Crippen LogP contribution in [0.3, 0.4) is 0 Å². The fourth-order valence-corrected chi connectivity index (χ4v) is 2.28. The van der Waals surface area contributed by atoms with Gasteiger partial charge in [-0.3, -0.25) is 10.1 Å². The number of carbonyl (C=O) groups is 1. The Bertz CT molecular complexity index is 547. The summed E-state index contributed by atoms with van der Waals surface area (Å²) in [5.74, 6) is -0.569. The lowest BCUT2D eigenvalue weighted by Gasteiger charge is -2.36. The van der Waals surface area contributed by atoms with Crippen molar-refractivity contribution in [2.24, 2.45) is 0 Å². The average Bonchev–Trinajstić information content (AvgIpc) is 2.53. The Morgan fingerprint density at radius 3 is 3.00 bits per heavy atom. The first-order valence-electron chi connectivity index (χ1n) is 6.40. The SMILES string of the molecule is COC(=O)c1ccc([N+](=O)[O-])c(N2CCOCC2CO)c1. The van der Waals surface area contributed by atoms with E-state index in [1.54, 1.807) is 4.90 Å². The molecule has 0 amide bonds. The van der Waals surface area contributed by atoms with Crippen LogP contribution in [-0.4, -0.2) is 55.5 Å². The van der Waals surface area contributed by atoms with Gasteiger partial charge in [0.15, 0.2) is 0 Å². The van der Waals surface area contributed by atoms with Crippen LogP contribution in [0.1, 0.15) is 10.4 Å². The summed E-state index contributed by atoms with van der Waals surface area (Å²) in [4.78, 5) is 24.0. The number of aliphatic hydroxyl groups excluding tert-OH is 1. The molecule has 0 saturated carbocycles. The number of anilines is 1. The third-order valence-corrected chi connectivity index (χ3v) is 3.34. The molecular formula is C13H16N2O6. The van der Waals surface area contributed by atoms with Gasteiger partial charge < -0.3 is 19.5 Å². The molecule has 1 atom stereocenters. The van der Waals surface area contributed by atoms with Gasteiger partial charge in [-0.05, 0) is 12.1 Å². The number of rotatable bonds is 4. The molecule has 114 valence electrons. The molecule has 1 saturated heterocycles. The van der Waals surface area contributed by atoms with Crippen LogP contribution in [0.2, 0.25) is 0 Å². The predicted octanol–water partition coefficient (Wildman–Crippen LogP) is 0.579. The van der Waals surface area contributed by atoms with Crippen molar-refractivity contribution in [1.29, 1.82) is 0 Å². The Balaban J connectivity index is 2.46. The van der Waals surface area contributed by atoms with E-state index in [0.29, 0.717) is 13.2 Å². The maximum Gasteiger partial charge on any atom is 0.337 e. The standard InChI is InChI=1S/C13H16N2O6/c1-20-13(17)9-2-3-11(15(18)19)12(6-9)14-4-5-21-8-10(14)7-16/h2-3,6,10,16H,4-5,7-8H2,1H3. The molecule has 0 radical (unpaired) electrons. The normalized spacial score (nSPS) is 18.4. The Morgan fingerprint density at radius 1 is 1.62 bits per heavy atom. The fraction of sp³-hybridized carbons (Fsp3) is 0.462. The monoisotopic (exact) mass is 296 g/mol. The van der Waals surface area contributed by atoms with E-state index in [4.69, 9.17) is 4.74 Å². The van der Waals surface area contributed by atoms with Crippen LogP contribution in [0.25, 0.3) is 0 Å². The Labute approximate surface area is 121 Å². The van der Waals surface area contributed by atoms with Gasteiger partial charge in [0.2, 0.25) is 0 Å². The van der Waals surface area contributed by atoms with Crippen molar-refractivity contribution in [3.63, 3.8) is 0 Å². The summed E-state index contributed by atoms with van der Waals surface area (Å²) < 4.78 is 9.89. The summed E-state index contributed by atoms with van der Waals surface area (Å²) in [6, 6.07) is 3.65. The zero-order valence-electron chi connectivity index (χ0n) is 11.5. The molecule has 1 aromatic carbocycles.